The second-order valence-electron chi connectivity index (χ2n) is 4.56. The third kappa shape index (κ3) is 8.04. The molecule has 0 aliphatic heterocycles. The van der Waals surface area contributed by atoms with Crippen LogP contribution in [-0.4, -0.2) is 32.3 Å². The molecule has 0 saturated heterocycles. The van der Waals surface area contributed by atoms with Gasteiger partial charge < -0.3 is 14.8 Å². The molecule has 0 spiro atoms. The van der Waals surface area contributed by atoms with E-state index in [4.69, 9.17) is 4.74 Å². The molecule has 21 heavy (non-hydrogen) atoms. The zero-order valence-corrected chi connectivity index (χ0v) is 11.9. The minimum absolute atomic E-state index is 0.0716. The van der Waals surface area contributed by atoms with Gasteiger partial charge in [-0.2, -0.15) is 8.78 Å². The molecule has 116 valence electrons. The summed E-state index contributed by atoms with van der Waals surface area (Å²) in [5.41, 5.74) is 1.64. The minimum Gasteiger partial charge on any atom is -0.435 e. The topological polar surface area (TPSA) is 47.6 Å². The second kappa shape index (κ2) is 9.07. The largest absolute Gasteiger partial charge is 0.435 e. The number of carbonyl (C=O) groups excluding carboxylic acids is 1. The van der Waals surface area contributed by atoms with Gasteiger partial charge in [0.05, 0.1) is 19.6 Å². The average molecular weight is 299 g/mol. The summed E-state index contributed by atoms with van der Waals surface area (Å²) in [6.45, 7) is 4.02. The molecule has 1 amide bonds. The lowest BCUT2D eigenvalue weighted by Crippen LogP contribution is -2.28. The Morgan fingerprint density at radius 2 is 2.00 bits per heavy atom. The van der Waals surface area contributed by atoms with Crippen LogP contribution in [0.2, 0.25) is 0 Å². The minimum atomic E-state index is -2.85. The highest BCUT2D eigenvalue weighted by molar-refractivity contribution is 5.78. The fourth-order valence-electron chi connectivity index (χ4n) is 1.55. The Morgan fingerprint density at radius 1 is 1.33 bits per heavy atom. The third-order valence-electron chi connectivity index (χ3n) is 2.43. The Balaban J connectivity index is 2.26. The Hall–Kier alpha value is -1.95. The van der Waals surface area contributed by atoms with Crippen LogP contribution in [0.5, 0.6) is 5.75 Å². The fourth-order valence-corrected chi connectivity index (χ4v) is 1.55. The summed E-state index contributed by atoms with van der Waals surface area (Å²) in [5.74, 6) is -0.0844. The molecule has 1 aromatic rings. The van der Waals surface area contributed by atoms with Crippen molar-refractivity contribution in [1.29, 1.82) is 0 Å². The van der Waals surface area contributed by atoms with Crippen LogP contribution < -0.4 is 10.1 Å². The van der Waals surface area contributed by atoms with E-state index >= 15 is 0 Å². The Morgan fingerprint density at radius 3 is 2.57 bits per heavy atom. The highest BCUT2D eigenvalue weighted by atomic mass is 19.3. The highest BCUT2D eigenvalue weighted by Gasteiger charge is 2.06. The van der Waals surface area contributed by atoms with E-state index in [9.17, 15) is 13.6 Å². The van der Waals surface area contributed by atoms with Gasteiger partial charge in [0.1, 0.15) is 5.75 Å². The first-order chi connectivity index (χ1) is 9.97. The molecule has 1 rings (SSSR count). The maximum absolute atomic E-state index is 12.0. The maximum Gasteiger partial charge on any atom is 0.387 e. The normalized spacial score (nSPS) is 10.5. The van der Waals surface area contributed by atoms with E-state index < -0.39 is 6.61 Å². The lowest BCUT2D eigenvalue weighted by atomic mass is 10.1. The summed E-state index contributed by atoms with van der Waals surface area (Å²) in [4.78, 5) is 11.6. The predicted octanol–water partition coefficient (Wildman–Crippen LogP) is 2.54. The van der Waals surface area contributed by atoms with Crippen LogP contribution in [0, 0.1) is 0 Å². The fraction of sp³-hybridized carbons (Fsp3) is 0.400. The number of rotatable bonds is 9. The molecule has 0 fully saturated rings. The van der Waals surface area contributed by atoms with Crippen molar-refractivity contribution in [1.82, 2.24) is 5.32 Å². The summed E-state index contributed by atoms with van der Waals surface area (Å²) >= 11 is 0. The first-order valence-corrected chi connectivity index (χ1v) is 6.50. The first-order valence-electron chi connectivity index (χ1n) is 6.50. The molecule has 0 unspecified atom stereocenters. The molecule has 0 heterocycles. The van der Waals surface area contributed by atoms with E-state index in [-0.39, 0.29) is 18.1 Å². The van der Waals surface area contributed by atoms with E-state index in [0.717, 1.165) is 11.1 Å². The molecule has 4 nitrogen and oxygen atoms in total. The zero-order chi connectivity index (χ0) is 15.7. The summed E-state index contributed by atoms with van der Waals surface area (Å²) in [6.07, 6.45) is 0.176. The summed E-state index contributed by atoms with van der Waals surface area (Å²) in [7, 11) is 0. The van der Waals surface area contributed by atoms with Crippen molar-refractivity contribution in [3.63, 3.8) is 0 Å². The Bertz CT molecular complexity index is 460. The van der Waals surface area contributed by atoms with Gasteiger partial charge >= 0.3 is 6.61 Å². The van der Waals surface area contributed by atoms with Crippen LogP contribution >= 0.6 is 0 Å². The summed E-state index contributed by atoms with van der Waals surface area (Å²) in [6, 6.07) is 5.97. The van der Waals surface area contributed by atoms with Gasteiger partial charge in [0.15, 0.2) is 0 Å². The molecule has 0 saturated carbocycles. The van der Waals surface area contributed by atoms with E-state index in [1.165, 1.54) is 12.1 Å². The van der Waals surface area contributed by atoms with Crippen LogP contribution in [0.1, 0.15) is 12.5 Å². The van der Waals surface area contributed by atoms with Crippen LogP contribution in [0.3, 0.4) is 0 Å². The lowest BCUT2D eigenvalue weighted by Gasteiger charge is -2.07. The van der Waals surface area contributed by atoms with Crippen molar-refractivity contribution in [3.05, 3.63) is 42.0 Å². The molecule has 0 aliphatic carbocycles. The molecular weight excluding hydrogens is 280 g/mol. The van der Waals surface area contributed by atoms with E-state index in [1.54, 1.807) is 12.1 Å². The van der Waals surface area contributed by atoms with Crippen molar-refractivity contribution >= 4 is 5.91 Å². The number of halogens is 2. The Kier molecular flexibility index (Phi) is 7.39. The number of alkyl halides is 2. The molecule has 1 aromatic carbocycles. The van der Waals surface area contributed by atoms with Gasteiger partial charge in [-0.05, 0) is 24.6 Å². The van der Waals surface area contributed by atoms with Crippen molar-refractivity contribution < 1.29 is 23.0 Å². The molecule has 0 radical (unpaired) electrons. The van der Waals surface area contributed by atoms with Gasteiger partial charge in [-0.25, -0.2) is 0 Å². The second-order valence-corrected chi connectivity index (χ2v) is 4.56. The zero-order valence-electron chi connectivity index (χ0n) is 11.9. The number of ether oxygens (including phenoxy) is 2. The van der Waals surface area contributed by atoms with Crippen LogP contribution in [0.25, 0.3) is 0 Å². The molecule has 0 aromatic heterocycles. The average Bonchev–Trinajstić information content (AvgIpc) is 2.39. The first kappa shape index (κ1) is 17.1. The molecule has 1 N–H and O–H groups in total. The third-order valence-corrected chi connectivity index (χ3v) is 2.43. The van der Waals surface area contributed by atoms with Crippen LogP contribution in [0.4, 0.5) is 8.78 Å². The van der Waals surface area contributed by atoms with Gasteiger partial charge in [0, 0.05) is 6.54 Å². The van der Waals surface area contributed by atoms with Gasteiger partial charge in [-0.3, -0.25) is 4.79 Å². The number of benzene rings is 1. The molecular formula is C15H19F2NO3. The summed E-state index contributed by atoms with van der Waals surface area (Å²) < 4.78 is 33.4. The lowest BCUT2D eigenvalue weighted by molar-refractivity contribution is -0.120. The predicted molar refractivity (Wildman–Crippen MR) is 75.4 cm³/mol. The van der Waals surface area contributed by atoms with Crippen molar-refractivity contribution in [2.24, 2.45) is 0 Å². The van der Waals surface area contributed by atoms with Gasteiger partial charge in [0.2, 0.25) is 5.91 Å². The van der Waals surface area contributed by atoms with E-state index in [0.29, 0.717) is 19.8 Å². The Labute approximate surface area is 122 Å². The van der Waals surface area contributed by atoms with Crippen molar-refractivity contribution in [3.8, 4) is 5.75 Å². The van der Waals surface area contributed by atoms with Crippen molar-refractivity contribution in [2.45, 2.75) is 20.0 Å². The maximum atomic E-state index is 12.0. The van der Waals surface area contributed by atoms with Gasteiger partial charge in [-0.1, -0.05) is 24.3 Å². The summed E-state index contributed by atoms with van der Waals surface area (Å²) in [5, 5.41) is 2.71. The monoisotopic (exact) mass is 299 g/mol. The smallest absolute Gasteiger partial charge is 0.387 e. The SMILES string of the molecule is C=C(C)COCCNC(=O)Cc1ccc(OC(F)F)cc1. The molecule has 0 bridgehead atoms. The van der Waals surface area contributed by atoms with Gasteiger partial charge in [-0.15, -0.1) is 0 Å². The van der Waals surface area contributed by atoms with Crippen LogP contribution in [-0.2, 0) is 16.0 Å². The number of hydrogen-bond acceptors (Lipinski definition) is 3. The molecule has 6 heteroatoms. The van der Waals surface area contributed by atoms with Crippen molar-refractivity contribution in [2.75, 3.05) is 19.8 Å². The van der Waals surface area contributed by atoms with Crippen LogP contribution in [0.15, 0.2) is 36.4 Å². The number of amides is 1. The quantitative estimate of drug-likeness (QED) is 0.563. The van der Waals surface area contributed by atoms with E-state index in [2.05, 4.69) is 16.6 Å². The standard InChI is InChI=1S/C15H19F2NO3/c1-11(2)10-20-8-7-18-14(19)9-12-3-5-13(6-4-12)21-15(16)17/h3-6,15H,1,7-10H2,2H3,(H,18,19). The highest BCUT2D eigenvalue weighted by Crippen LogP contribution is 2.15. The number of hydrogen-bond donors (Lipinski definition) is 1. The molecule has 0 atom stereocenters. The van der Waals surface area contributed by atoms with Gasteiger partial charge in [0.25, 0.3) is 0 Å². The van der Waals surface area contributed by atoms with E-state index in [1.807, 2.05) is 6.92 Å². The molecule has 0 aliphatic rings. The number of nitrogens with one attached hydrogen (secondary N) is 1. The number of carbonyl (C=O) groups is 1.